The molecule has 96 valence electrons. The zero-order chi connectivity index (χ0) is 13.2. The fourth-order valence-corrected chi connectivity index (χ4v) is 3.41. The number of aryl methyl sites for hydroxylation is 1. The summed E-state index contributed by atoms with van der Waals surface area (Å²) in [6.45, 7) is 2.70. The number of benzene rings is 2. The molecule has 0 unspecified atom stereocenters. The van der Waals surface area contributed by atoms with Crippen molar-refractivity contribution in [1.29, 1.82) is 0 Å². The largest absolute Gasteiger partial charge is 0.326 e. The Labute approximate surface area is 116 Å². The molecule has 1 heterocycles. The first-order chi connectivity index (χ1) is 9.33. The number of nitrogens with two attached hydrogens (primary N) is 1. The first-order valence-corrected chi connectivity index (χ1v) is 7.32. The van der Waals surface area contributed by atoms with Crippen molar-refractivity contribution in [3.63, 3.8) is 0 Å². The minimum atomic E-state index is 0.575. The van der Waals surface area contributed by atoms with E-state index in [4.69, 9.17) is 10.7 Å². The lowest BCUT2D eigenvalue weighted by Crippen LogP contribution is -1.96. The van der Waals surface area contributed by atoms with E-state index in [2.05, 4.69) is 49.4 Å². The predicted octanol–water partition coefficient (Wildman–Crippen LogP) is 3.98. The van der Waals surface area contributed by atoms with Crippen molar-refractivity contribution in [1.82, 2.24) is 4.98 Å². The summed E-state index contributed by atoms with van der Waals surface area (Å²) in [4.78, 5) is 5.96. The third kappa shape index (κ3) is 2.15. The number of hydrogen-bond acceptors (Lipinski definition) is 3. The fraction of sp³-hybridized carbons (Fsp3) is 0.188. The molecule has 2 nitrogen and oxygen atoms in total. The van der Waals surface area contributed by atoms with E-state index < -0.39 is 0 Å². The number of nitrogens with zero attached hydrogens (tertiary/aromatic N) is 1. The third-order valence-corrected chi connectivity index (χ3v) is 4.47. The first kappa shape index (κ1) is 12.3. The van der Waals surface area contributed by atoms with Gasteiger partial charge in [-0.15, -0.1) is 11.3 Å². The highest BCUT2D eigenvalue weighted by molar-refractivity contribution is 7.15. The van der Waals surface area contributed by atoms with Gasteiger partial charge in [-0.3, -0.25) is 0 Å². The van der Waals surface area contributed by atoms with Crippen LogP contribution in [0.25, 0.3) is 21.3 Å². The number of thiazole rings is 1. The third-order valence-electron chi connectivity index (χ3n) is 3.32. The molecule has 3 aromatic rings. The van der Waals surface area contributed by atoms with E-state index >= 15 is 0 Å². The lowest BCUT2D eigenvalue weighted by molar-refractivity contribution is 0.990. The van der Waals surface area contributed by atoms with E-state index in [1.807, 2.05) is 0 Å². The maximum absolute atomic E-state index is 5.80. The van der Waals surface area contributed by atoms with E-state index in [-0.39, 0.29) is 0 Å². The Morgan fingerprint density at radius 2 is 1.89 bits per heavy atom. The van der Waals surface area contributed by atoms with Gasteiger partial charge in [0.15, 0.2) is 0 Å². The highest BCUT2D eigenvalue weighted by Gasteiger charge is 2.12. The Morgan fingerprint density at radius 1 is 1.11 bits per heavy atom. The zero-order valence-electron chi connectivity index (χ0n) is 10.9. The summed E-state index contributed by atoms with van der Waals surface area (Å²) in [6, 6.07) is 14.8. The molecule has 1 aromatic heterocycles. The molecule has 0 saturated heterocycles. The molecule has 0 amide bonds. The second-order valence-electron chi connectivity index (χ2n) is 4.47. The minimum Gasteiger partial charge on any atom is -0.326 e. The Bertz CT molecular complexity index is 689. The van der Waals surface area contributed by atoms with Crippen molar-refractivity contribution in [2.45, 2.75) is 19.9 Å². The van der Waals surface area contributed by atoms with Gasteiger partial charge in [0, 0.05) is 17.0 Å². The zero-order valence-corrected chi connectivity index (χ0v) is 11.7. The standard InChI is InChI=1S/C16H16N2S/c1-2-14-15(10-17)19-16(18-14)13-9-5-7-11-6-3-4-8-12(11)13/h3-9H,2,10,17H2,1H3. The van der Waals surface area contributed by atoms with Gasteiger partial charge < -0.3 is 5.73 Å². The van der Waals surface area contributed by atoms with Crippen LogP contribution in [0.5, 0.6) is 0 Å². The summed E-state index contributed by atoms with van der Waals surface area (Å²) < 4.78 is 0. The molecule has 0 bridgehead atoms. The molecule has 0 aliphatic carbocycles. The molecule has 0 saturated carbocycles. The average molecular weight is 268 g/mol. The van der Waals surface area contributed by atoms with Crippen LogP contribution in [-0.2, 0) is 13.0 Å². The number of aromatic nitrogens is 1. The Kier molecular flexibility index (Phi) is 3.32. The molecule has 19 heavy (non-hydrogen) atoms. The molecule has 2 N–H and O–H groups in total. The lowest BCUT2D eigenvalue weighted by atomic mass is 10.1. The van der Waals surface area contributed by atoms with Gasteiger partial charge in [0.05, 0.1) is 5.69 Å². The quantitative estimate of drug-likeness (QED) is 0.780. The molecular weight excluding hydrogens is 252 g/mol. The maximum atomic E-state index is 5.80. The van der Waals surface area contributed by atoms with Crippen molar-refractivity contribution in [3.8, 4) is 10.6 Å². The molecule has 3 heteroatoms. The van der Waals surface area contributed by atoms with Crippen molar-refractivity contribution in [2.75, 3.05) is 0 Å². The fourth-order valence-electron chi connectivity index (χ4n) is 2.35. The molecule has 2 aromatic carbocycles. The summed E-state index contributed by atoms with van der Waals surface area (Å²) in [6.07, 6.45) is 0.938. The summed E-state index contributed by atoms with van der Waals surface area (Å²) in [5.41, 5.74) is 8.14. The monoisotopic (exact) mass is 268 g/mol. The molecule has 0 radical (unpaired) electrons. The normalized spacial score (nSPS) is 11.1. The van der Waals surface area contributed by atoms with Gasteiger partial charge in [0.25, 0.3) is 0 Å². The summed E-state index contributed by atoms with van der Waals surface area (Å²) in [5.74, 6) is 0. The topological polar surface area (TPSA) is 38.9 Å². The molecular formula is C16H16N2S. The van der Waals surface area contributed by atoms with Crippen LogP contribution in [0.1, 0.15) is 17.5 Å². The van der Waals surface area contributed by atoms with E-state index in [1.54, 1.807) is 11.3 Å². The van der Waals surface area contributed by atoms with E-state index in [0.29, 0.717) is 6.54 Å². The van der Waals surface area contributed by atoms with Crippen LogP contribution in [0.2, 0.25) is 0 Å². The van der Waals surface area contributed by atoms with Crippen molar-refractivity contribution in [2.24, 2.45) is 5.73 Å². The van der Waals surface area contributed by atoms with Gasteiger partial charge in [-0.1, -0.05) is 49.4 Å². The maximum Gasteiger partial charge on any atom is 0.124 e. The average Bonchev–Trinajstić information content (AvgIpc) is 2.89. The summed E-state index contributed by atoms with van der Waals surface area (Å²) in [5, 5.41) is 3.58. The predicted molar refractivity (Wildman–Crippen MR) is 82.3 cm³/mol. The Balaban J connectivity index is 2.21. The molecule has 0 spiro atoms. The van der Waals surface area contributed by atoms with Crippen LogP contribution >= 0.6 is 11.3 Å². The number of hydrogen-bond donors (Lipinski definition) is 1. The minimum absolute atomic E-state index is 0.575. The SMILES string of the molecule is CCc1nc(-c2cccc3ccccc23)sc1CN. The second-order valence-corrected chi connectivity index (χ2v) is 5.56. The molecule has 0 aliphatic rings. The summed E-state index contributed by atoms with van der Waals surface area (Å²) >= 11 is 1.72. The molecule has 0 aliphatic heterocycles. The van der Waals surface area contributed by atoms with Gasteiger partial charge in [0.2, 0.25) is 0 Å². The molecule has 3 rings (SSSR count). The van der Waals surface area contributed by atoms with Gasteiger partial charge in [-0.2, -0.15) is 0 Å². The van der Waals surface area contributed by atoms with Gasteiger partial charge in [-0.05, 0) is 17.2 Å². The van der Waals surface area contributed by atoms with E-state index in [0.717, 1.165) is 17.1 Å². The molecule has 0 atom stereocenters. The van der Waals surface area contributed by atoms with Crippen LogP contribution in [0.3, 0.4) is 0 Å². The van der Waals surface area contributed by atoms with Crippen molar-refractivity contribution >= 4 is 22.1 Å². The van der Waals surface area contributed by atoms with Crippen molar-refractivity contribution in [3.05, 3.63) is 53.0 Å². The van der Waals surface area contributed by atoms with E-state index in [9.17, 15) is 0 Å². The van der Waals surface area contributed by atoms with Crippen LogP contribution in [0.15, 0.2) is 42.5 Å². The van der Waals surface area contributed by atoms with Crippen LogP contribution in [-0.4, -0.2) is 4.98 Å². The lowest BCUT2D eigenvalue weighted by Gasteiger charge is -2.02. The number of fused-ring (bicyclic) bond motifs is 1. The van der Waals surface area contributed by atoms with Gasteiger partial charge in [-0.25, -0.2) is 4.98 Å². The highest BCUT2D eigenvalue weighted by atomic mass is 32.1. The number of rotatable bonds is 3. The summed E-state index contributed by atoms with van der Waals surface area (Å²) in [7, 11) is 0. The van der Waals surface area contributed by atoms with Crippen LogP contribution in [0.4, 0.5) is 0 Å². The van der Waals surface area contributed by atoms with Gasteiger partial charge in [0.1, 0.15) is 5.01 Å². The van der Waals surface area contributed by atoms with Crippen molar-refractivity contribution < 1.29 is 0 Å². The Morgan fingerprint density at radius 3 is 2.63 bits per heavy atom. The van der Waals surface area contributed by atoms with Crippen LogP contribution in [0, 0.1) is 0 Å². The van der Waals surface area contributed by atoms with E-state index in [1.165, 1.54) is 21.2 Å². The highest BCUT2D eigenvalue weighted by Crippen LogP contribution is 2.33. The smallest absolute Gasteiger partial charge is 0.124 e. The first-order valence-electron chi connectivity index (χ1n) is 6.50. The second kappa shape index (κ2) is 5.11. The van der Waals surface area contributed by atoms with Crippen LogP contribution < -0.4 is 5.73 Å². The van der Waals surface area contributed by atoms with Gasteiger partial charge >= 0.3 is 0 Å². The molecule has 0 fully saturated rings. The Hall–Kier alpha value is -1.71.